The third kappa shape index (κ3) is 2.68. The zero-order chi connectivity index (χ0) is 12.3. The number of rotatable bonds is 2. The number of anilines is 2. The van der Waals surface area contributed by atoms with Crippen molar-refractivity contribution in [2.75, 3.05) is 5.32 Å². The molecule has 84 valence electrons. The van der Waals surface area contributed by atoms with E-state index >= 15 is 0 Å². The van der Waals surface area contributed by atoms with Gasteiger partial charge in [-0.25, -0.2) is 9.37 Å². The summed E-state index contributed by atoms with van der Waals surface area (Å²) in [5.41, 5.74) is 0.464. The number of aromatic nitrogens is 2. The van der Waals surface area contributed by atoms with Gasteiger partial charge in [-0.05, 0) is 18.2 Å². The lowest BCUT2D eigenvalue weighted by Crippen LogP contribution is -1.97. The van der Waals surface area contributed by atoms with Crippen molar-refractivity contribution in [3.63, 3.8) is 0 Å². The lowest BCUT2D eigenvalue weighted by atomic mass is 10.2. The lowest BCUT2D eigenvalue weighted by molar-refractivity contribution is 0.631. The normalized spacial score (nSPS) is 9.71. The summed E-state index contributed by atoms with van der Waals surface area (Å²) in [6.07, 6.45) is 2.80. The van der Waals surface area contributed by atoms with Gasteiger partial charge in [0, 0.05) is 0 Å². The first kappa shape index (κ1) is 11.3. The van der Waals surface area contributed by atoms with Crippen molar-refractivity contribution in [3.05, 3.63) is 47.1 Å². The molecule has 0 fully saturated rings. The van der Waals surface area contributed by atoms with Crippen LogP contribution < -0.4 is 5.32 Å². The molecule has 0 aliphatic rings. The van der Waals surface area contributed by atoms with Crippen LogP contribution in [0.15, 0.2) is 30.6 Å². The van der Waals surface area contributed by atoms with Crippen LogP contribution >= 0.6 is 11.6 Å². The monoisotopic (exact) mass is 248 g/mol. The lowest BCUT2D eigenvalue weighted by Gasteiger charge is -2.06. The molecule has 0 radical (unpaired) electrons. The number of nitrogens with one attached hydrogen (secondary N) is 1. The Morgan fingerprint density at radius 1 is 1.35 bits per heavy atom. The third-order valence-electron chi connectivity index (χ3n) is 1.97. The molecule has 2 rings (SSSR count). The van der Waals surface area contributed by atoms with Crippen LogP contribution in [0.5, 0.6) is 0 Å². The highest BCUT2D eigenvalue weighted by Gasteiger charge is 2.05. The van der Waals surface area contributed by atoms with Crippen LogP contribution in [0.25, 0.3) is 0 Å². The molecule has 6 heteroatoms. The topological polar surface area (TPSA) is 61.6 Å². The van der Waals surface area contributed by atoms with Gasteiger partial charge in [-0.3, -0.25) is 4.98 Å². The largest absolute Gasteiger partial charge is 0.337 e. The minimum Gasteiger partial charge on any atom is -0.337 e. The molecule has 0 saturated carbocycles. The SMILES string of the molecule is N#Cc1ccc(Nc2cncc(Cl)n2)c(F)c1. The highest BCUT2D eigenvalue weighted by molar-refractivity contribution is 6.29. The standard InChI is InChI=1S/C11H6ClFN4/c12-10-5-15-6-11(17-10)16-9-2-1-7(4-14)3-8(9)13/h1-3,5-6H,(H,16,17). The Balaban J connectivity index is 2.28. The fourth-order valence-electron chi connectivity index (χ4n) is 1.23. The van der Waals surface area contributed by atoms with Gasteiger partial charge in [0.2, 0.25) is 0 Å². The molecule has 0 atom stereocenters. The van der Waals surface area contributed by atoms with Crippen molar-refractivity contribution in [1.82, 2.24) is 9.97 Å². The van der Waals surface area contributed by atoms with Gasteiger partial charge in [-0.2, -0.15) is 5.26 Å². The number of hydrogen-bond donors (Lipinski definition) is 1. The van der Waals surface area contributed by atoms with Crippen molar-refractivity contribution in [1.29, 1.82) is 5.26 Å². The number of hydrogen-bond acceptors (Lipinski definition) is 4. The highest BCUT2D eigenvalue weighted by Crippen LogP contribution is 2.19. The van der Waals surface area contributed by atoms with Crippen LogP contribution in [0.4, 0.5) is 15.9 Å². The van der Waals surface area contributed by atoms with E-state index in [2.05, 4.69) is 15.3 Å². The van der Waals surface area contributed by atoms with Crippen molar-refractivity contribution in [2.24, 2.45) is 0 Å². The van der Waals surface area contributed by atoms with Gasteiger partial charge in [0.15, 0.2) is 5.82 Å². The Bertz CT molecular complexity index is 594. The quantitative estimate of drug-likeness (QED) is 0.888. The van der Waals surface area contributed by atoms with E-state index in [0.29, 0.717) is 5.82 Å². The molecule has 0 aliphatic carbocycles. The Morgan fingerprint density at radius 3 is 2.82 bits per heavy atom. The highest BCUT2D eigenvalue weighted by atomic mass is 35.5. The zero-order valence-electron chi connectivity index (χ0n) is 8.48. The molecule has 1 aromatic heterocycles. The van der Waals surface area contributed by atoms with E-state index in [-0.39, 0.29) is 16.4 Å². The van der Waals surface area contributed by atoms with E-state index in [1.165, 1.54) is 24.5 Å². The molecular formula is C11H6ClFN4. The van der Waals surface area contributed by atoms with Crippen molar-refractivity contribution in [2.45, 2.75) is 0 Å². The minimum absolute atomic E-state index is 0.209. The molecule has 0 unspecified atom stereocenters. The van der Waals surface area contributed by atoms with Crippen LogP contribution in [0.3, 0.4) is 0 Å². The molecule has 17 heavy (non-hydrogen) atoms. The second-order valence-corrected chi connectivity index (χ2v) is 3.55. The van der Waals surface area contributed by atoms with Crippen molar-refractivity contribution < 1.29 is 4.39 Å². The molecule has 0 bridgehead atoms. The van der Waals surface area contributed by atoms with Crippen molar-refractivity contribution >= 4 is 23.1 Å². The summed E-state index contributed by atoms with van der Waals surface area (Å²) in [7, 11) is 0. The van der Waals surface area contributed by atoms with Gasteiger partial charge in [0.25, 0.3) is 0 Å². The number of benzene rings is 1. The average molecular weight is 249 g/mol. The van der Waals surface area contributed by atoms with E-state index in [4.69, 9.17) is 16.9 Å². The second-order valence-electron chi connectivity index (χ2n) is 3.16. The third-order valence-corrected chi connectivity index (χ3v) is 2.15. The van der Waals surface area contributed by atoms with E-state index in [0.717, 1.165) is 6.07 Å². The van der Waals surface area contributed by atoms with Gasteiger partial charge in [-0.1, -0.05) is 11.6 Å². The molecule has 1 N–H and O–H groups in total. The second kappa shape index (κ2) is 4.76. The molecule has 4 nitrogen and oxygen atoms in total. The van der Waals surface area contributed by atoms with Crippen LogP contribution in [0.2, 0.25) is 5.15 Å². The summed E-state index contributed by atoms with van der Waals surface area (Å²) in [5.74, 6) is -0.202. The first-order chi connectivity index (χ1) is 8.19. The molecule has 0 saturated heterocycles. The maximum atomic E-state index is 13.5. The van der Waals surface area contributed by atoms with Crippen LogP contribution in [0.1, 0.15) is 5.56 Å². The smallest absolute Gasteiger partial charge is 0.150 e. The van der Waals surface area contributed by atoms with Gasteiger partial charge in [-0.15, -0.1) is 0 Å². The summed E-state index contributed by atoms with van der Waals surface area (Å²) in [5, 5.41) is 11.5. The molecule has 1 aromatic carbocycles. The fourth-order valence-corrected chi connectivity index (χ4v) is 1.37. The van der Waals surface area contributed by atoms with Gasteiger partial charge in [0.1, 0.15) is 11.0 Å². The number of nitriles is 1. The van der Waals surface area contributed by atoms with Crippen LogP contribution in [0, 0.1) is 17.1 Å². The van der Waals surface area contributed by atoms with Gasteiger partial charge in [0.05, 0.1) is 29.7 Å². The van der Waals surface area contributed by atoms with E-state index in [9.17, 15) is 4.39 Å². The predicted molar refractivity (Wildman–Crippen MR) is 61.4 cm³/mol. The fraction of sp³-hybridized carbons (Fsp3) is 0. The zero-order valence-corrected chi connectivity index (χ0v) is 9.24. The number of nitrogens with zero attached hydrogens (tertiary/aromatic N) is 3. The summed E-state index contributed by atoms with van der Waals surface area (Å²) in [6, 6.07) is 5.95. The van der Waals surface area contributed by atoms with Crippen molar-refractivity contribution in [3.8, 4) is 6.07 Å². The molecule has 1 heterocycles. The molecule has 0 spiro atoms. The minimum atomic E-state index is -0.536. The van der Waals surface area contributed by atoms with Gasteiger partial charge >= 0.3 is 0 Å². The molecule has 0 amide bonds. The van der Waals surface area contributed by atoms with E-state index in [1.54, 1.807) is 0 Å². The summed E-state index contributed by atoms with van der Waals surface area (Å²) >= 11 is 5.65. The van der Waals surface area contributed by atoms with Crippen LogP contribution in [-0.4, -0.2) is 9.97 Å². The molecular weight excluding hydrogens is 243 g/mol. The first-order valence-electron chi connectivity index (χ1n) is 4.63. The molecule has 2 aromatic rings. The van der Waals surface area contributed by atoms with E-state index in [1.807, 2.05) is 6.07 Å². The van der Waals surface area contributed by atoms with Gasteiger partial charge < -0.3 is 5.32 Å². The molecule has 0 aliphatic heterocycles. The van der Waals surface area contributed by atoms with Crippen LogP contribution in [-0.2, 0) is 0 Å². The summed E-state index contributed by atoms with van der Waals surface area (Å²) < 4.78 is 13.5. The number of halogens is 2. The Hall–Kier alpha value is -2.19. The first-order valence-corrected chi connectivity index (χ1v) is 5.01. The Labute approximate surface area is 102 Å². The Morgan fingerprint density at radius 2 is 2.18 bits per heavy atom. The maximum absolute atomic E-state index is 13.5. The van der Waals surface area contributed by atoms with E-state index < -0.39 is 5.82 Å². The summed E-state index contributed by atoms with van der Waals surface area (Å²) in [6.45, 7) is 0. The Kier molecular flexibility index (Phi) is 3.17. The predicted octanol–water partition coefficient (Wildman–Crippen LogP) is 2.88. The summed E-state index contributed by atoms with van der Waals surface area (Å²) in [4.78, 5) is 7.72. The average Bonchev–Trinajstić information content (AvgIpc) is 2.32. The maximum Gasteiger partial charge on any atom is 0.150 e.